The highest BCUT2D eigenvalue weighted by Crippen LogP contribution is 2.25. The van der Waals surface area contributed by atoms with E-state index in [0.29, 0.717) is 11.6 Å². The van der Waals surface area contributed by atoms with Gasteiger partial charge in [-0.15, -0.1) is 0 Å². The minimum absolute atomic E-state index is 0.0379. The fourth-order valence-corrected chi connectivity index (χ4v) is 3.66. The van der Waals surface area contributed by atoms with Gasteiger partial charge in [-0.05, 0) is 25.1 Å². The van der Waals surface area contributed by atoms with Crippen LogP contribution in [0.15, 0.2) is 23.1 Å². The molecule has 1 aliphatic rings. The molecule has 1 aromatic rings. The number of nitrogens with one attached hydrogen (secondary N) is 1. The van der Waals surface area contributed by atoms with Crippen molar-refractivity contribution < 1.29 is 13.2 Å². The number of sulfonamides is 1. The van der Waals surface area contributed by atoms with Gasteiger partial charge in [0.1, 0.15) is 6.04 Å². The third kappa shape index (κ3) is 2.54. The smallest absolute Gasteiger partial charge is 0.243 e. The second-order valence-electron chi connectivity index (χ2n) is 4.27. The van der Waals surface area contributed by atoms with E-state index in [2.05, 4.69) is 5.32 Å². The molecular formula is C11H14ClN3O3S. The van der Waals surface area contributed by atoms with Gasteiger partial charge in [0, 0.05) is 13.1 Å². The first-order valence-electron chi connectivity index (χ1n) is 5.68. The summed E-state index contributed by atoms with van der Waals surface area (Å²) in [5, 5.41) is 2.91. The lowest BCUT2D eigenvalue weighted by atomic mass is 10.2. The first kappa shape index (κ1) is 14.1. The molecule has 0 spiro atoms. The molecule has 1 aliphatic heterocycles. The molecule has 0 aromatic heterocycles. The minimum Gasteiger partial charge on any atom is -0.397 e. The number of carbonyl (C=O) groups excluding carboxylic acids is 1. The average Bonchev–Trinajstić information content (AvgIpc) is 2.35. The van der Waals surface area contributed by atoms with Crippen LogP contribution >= 0.6 is 11.6 Å². The Bertz CT molecular complexity index is 618. The highest BCUT2D eigenvalue weighted by molar-refractivity contribution is 7.89. The van der Waals surface area contributed by atoms with Gasteiger partial charge < -0.3 is 11.1 Å². The van der Waals surface area contributed by atoms with Crippen molar-refractivity contribution in [3.8, 4) is 0 Å². The summed E-state index contributed by atoms with van der Waals surface area (Å²) in [5.74, 6) is -0.309. The third-order valence-corrected chi connectivity index (χ3v) is 5.33. The Labute approximate surface area is 116 Å². The van der Waals surface area contributed by atoms with Crippen LogP contribution in [0.3, 0.4) is 0 Å². The van der Waals surface area contributed by atoms with E-state index < -0.39 is 16.1 Å². The summed E-state index contributed by atoms with van der Waals surface area (Å²) in [5.41, 5.74) is 5.81. The number of hydrogen-bond donors (Lipinski definition) is 2. The first-order chi connectivity index (χ1) is 8.84. The largest absolute Gasteiger partial charge is 0.397 e. The van der Waals surface area contributed by atoms with Crippen molar-refractivity contribution in [1.82, 2.24) is 9.62 Å². The maximum absolute atomic E-state index is 12.5. The van der Waals surface area contributed by atoms with Gasteiger partial charge in [0.05, 0.1) is 15.6 Å². The van der Waals surface area contributed by atoms with E-state index in [1.54, 1.807) is 6.92 Å². The van der Waals surface area contributed by atoms with Crippen LogP contribution in [-0.2, 0) is 14.8 Å². The van der Waals surface area contributed by atoms with Crippen LogP contribution in [0.25, 0.3) is 0 Å². The molecule has 1 saturated heterocycles. The van der Waals surface area contributed by atoms with Crippen molar-refractivity contribution in [2.45, 2.75) is 17.9 Å². The summed E-state index contributed by atoms with van der Waals surface area (Å²) >= 11 is 5.77. The van der Waals surface area contributed by atoms with Crippen molar-refractivity contribution in [3.63, 3.8) is 0 Å². The summed E-state index contributed by atoms with van der Waals surface area (Å²) in [7, 11) is -3.75. The van der Waals surface area contributed by atoms with Gasteiger partial charge in [-0.25, -0.2) is 8.42 Å². The number of benzene rings is 1. The topological polar surface area (TPSA) is 92.5 Å². The summed E-state index contributed by atoms with van der Waals surface area (Å²) < 4.78 is 26.1. The number of nitrogens with zero attached hydrogens (tertiary/aromatic N) is 1. The van der Waals surface area contributed by atoms with Gasteiger partial charge in [0.25, 0.3) is 0 Å². The molecule has 0 aliphatic carbocycles. The van der Waals surface area contributed by atoms with E-state index in [-0.39, 0.29) is 23.0 Å². The standard InChI is InChI=1S/C11H14ClN3O3S/c1-7-11(16)14-4-5-15(7)19(17,18)8-2-3-9(12)10(13)6-8/h2-3,6-7H,4-5,13H2,1H3,(H,14,16). The summed E-state index contributed by atoms with van der Waals surface area (Å²) in [6.45, 7) is 2.08. The van der Waals surface area contributed by atoms with Gasteiger partial charge in [-0.2, -0.15) is 4.31 Å². The number of nitrogens with two attached hydrogens (primary N) is 1. The Balaban J connectivity index is 2.41. The van der Waals surface area contributed by atoms with Crippen LogP contribution in [0.2, 0.25) is 5.02 Å². The van der Waals surface area contributed by atoms with Gasteiger partial charge in [0.15, 0.2) is 0 Å². The van der Waals surface area contributed by atoms with E-state index in [0.717, 1.165) is 4.31 Å². The maximum Gasteiger partial charge on any atom is 0.243 e. The van der Waals surface area contributed by atoms with Gasteiger partial charge in [-0.3, -0.25) is 4.79 Å². The van der Waals surface area contributed by atoms with E-state index in [1.807, 2.05) is 0 Å². The van der Waals surface area contributed by atoms with Gasteiger partial charge >= 0.3 is 0 Å². The second-order valence-corrected chi connectivity index (χ2v) is 6.56. The molecule has 1 aromatic carbocycles. The molecule has 0 radical (unpaired) electrons. The lowest BCUT2D eigenvalue weighted by Gasteiger charge is -2.31. The average molecular weight is 304 g/mol. The number of rotatable bonds is 2. The van der Waals surface area contributed by atoms with Crippen molar-refractivity contribution in [2.24, 2.45) is 0 Å². The Morgan fingerprint density at radius 2 is 2.16 bits per heavy atom. The molecule has 8 heteroatoms. The number of nitrogen functional groups attached to an aromatic ring is 1. The quantitative estimate of drug-likeness (QED) is 0.775. The van der Waals surface area contributed by atoms with Gasteiger partial charge in [-0.1, -0.05) is 11.6 Å². The van der Waals surface area contributed by atoms with Crippen molar-refractivity contribution in [3.05, 3.63) is 23.2 Å². The van der Waals surface area contributed by atoms with Crippen molar-refractivity contribution >= 4 is 33.2 Å². The summed E-state index contributed by atoms with van der Waals surface area (Å²) in [6.07, 6.45) is 0. The zero-order valence-corrected chi connectivity index (χ0v) is 11.8. The fraction of sp³-hybridized carbons (Fsp3) is 0.364. The van der Waals surface area contributed by atoms with Crippen LogP contribution < -0.4 is 11.1 Å². The molecule has 1 atom stereocenters. The lowest BCUT2D eigenvalue weighted by molar-refractivity contribution is -0.126. The Morgan fingerprint density at radius 3 is 2.79 bits per heavy atom. The molecule has 104 valence electrons. The summed E-state index contributed by atoms with van der Waals surface area (Å²) in [6, 6.07) is 3.37. The number of carbonyl (C=O) groups is 1. The molecule has 0 saturated carbocycles. The zero-order valence-electron chi connectivity index (χ0n) is 10.3. The zero-order chi connectivity index (χ0) is 14.2. The van der Waals surface area contributed by atoms with Crippen LogP contribution in [0.1, 0.15) is 6.92 Å². The van der Waals surface area contributed by atoms with Crippen molar-refractivity contribution in [2.75, 3.05) is 18.8 Å². The predicted octanol–water partition coefficient (Wildman–Crippen LogP) is 0.431. The van der Waals surface area contributed by atoms with Gasteiger partial charge in [0.2, 0.25) is 15.9 Å². The molecule has 1 heterocycles. The second kappa shape index (κ2) is 4.99. The molecule has 6 nitrogen and oxygen atoms in total. The molecule has 0 bridgehead atoms. The number of anilines is 1. The molecule has 3 N–H and O–H groups in total. The van der Waals surface area contributed by atoms with E-state index in [1.165, 1.54) is 18.2 Å². The normalized spacial score (nSPS) is 21.2. The van der Waals surface area contributed by atoms with E-state index in [9.17, 15) is 13.2 Å². The number of amides is 1. The molecule has 1 unspecified atom stereocenters. The highest BCUT2D eigenvalue weighted by Gasteiger charge is 2.35. The van der Waals surface area contributed by atoms with Crippen LogP contribution in [0.4, 0.5) is 5.69 Å². The third-order valence-electron chi connectivity index (χ3n) is 3.02. The maximum atomic E-state index is 12.5. The Morgan fingerprint density at radius 1 is 1.47 bits per heavy atom. The lowest BCUT2D eigenvalue weighted by Crippen LogP contribution is -2.55. The van der Waals surface area contributed by atoms with Crippen LogP contribution in [-0.4, -0.2) is 37.8 Å². The minimum atomic E-state index is -3.75. The number of piperazine rings is 1. The van der Waals surface area contributed by atoms with E-state index >= 15 is 0 Å². The highest BCUT2D eigenvalue weighted by atomic mass is 35.5. The molecule has 19 heavy (non-hydrogen) atoms. The molecule has 1 fully saturated rings. The molecule has 2 rings (SSSR count). The van der Waals surface area contributed by atoms with Crippen LogP contribution in [0, 0.1) is 0 Å². The van der Waals surface area contributed by atoms with Crippen molar-refractivity contribution in [1.29, 1.82) is 0 Å². The molecular weight excluding hydrogens is 290 g/mol. The molecule has 1 amide bonds. The fourth-order valence-electron chi connectivity index (χ4n) is 1.91. The summed E-state index contributed by atoms with van der Waals surface area (Å²) in [4.78, 5) is 11.6. The first-order valence-corrected chi connectivity index (χ1v) is 7.50. The SMILES string of the molecule is CC1C(=O)NCCN1S(=O)(=O)c1ccc(Cl)c(N)c1. The van der Waals surface area contributed by atoms with Crippen LogP contribution in [0.5, 0.6) is 0 Å². The number of halogens is 1. The number of hydrogen-bond acceptors (Lipinski definition) is 4. The monoisotopic (exact) mass is 303 g/mol. The van der Waals surface area contributed by atoms with E-state index in [4.69, 9.17) is 17.3 Å². The Hall–Kier alpha value is -1.31. The predicted molar refractivity (Wildman–Crippen MR) is 72.2 cm³/mol. The Kier molecular flexibility index (Phi) is 3.71.